The maximum absolute atomic E-state index is 11.7. The van der Waals surface area contributed by atoms with Crippen molar-refractivity contribution in [3.8, 4) is 0 Å². The van der Waals surface area contributed by atoms with E-state index in [1.165, 1.54) is 12.8 Å². The summed E-state index contributed by atoms with van der Waals surface area (Å²) in [5.74, 6) is 0. The zero-order valence-electron chi connectivity index (χ0n) is 8.07. The van der Waals surface area contributed by atoms with Gasteiger partial charge in [-0.3, -0.25) is 4.84 Å². The van der Waals surface area contributed by atoms with E-state index in [1.54, 1.807) is 0 Å². The third-order valence-electron chi connectivity index (χ3n) is 2.34. The van der Waals surface area contributed by atoms with Crippen molar-refractivity contribution >= 4 is 0 Å². The Morgan fingerprint density at radius 2 is 1.64 bits per heavy atom. The predicted molar refractivity (Wildman–Crippen MR) is 46.6 cm³/mol. The standard InChI is InChI=1S/C9H16F3NO/c10-9(11,12)7-14-13-8-5-3-1-2-4-6-8/h8,13H,1-7H2. The topological polar surface area (TPSA) is 21.3 Å². The molecular formula is C9H16F3NO. The molecule has 0 saturated heterocycles. The van der Waals surface area contributed by atoms with Crippen LogP contribution in [0, 0.1) is 0 Å². The van der Waals surface area contributed by atoms with E-state index < -0.39 is 12.8 Å². The van der Waals surface area contributed by atoms with Crippen molar-refractivity contribution in [1.82, 2.24) is 5.48 Å². The van der Waals surface area contributed by atoms with E-state index in [0.29, 0.717) is 0 Å². The second kappa shape index (κ2) is 5.56. The molecule has 0 aliphatic heterocycles. The number of nitrogens with one attached hydrogen (secondary N) is 1. The molecule has 1 fully saturated rings. The van der Waals surface area contributed by atoms with Gasteiger partial charge in [0.2, 0.25) is 0 Å². The Morgan fingerprint density at radius 3 is 2.14 bits per heavy atom. The van der Waals surface area contributed by atoms with Gasteiger partial charge in [0.25, 0.3) is 0 Å². The molecule has 1 aliphatic carbocycles. The molecule has 0 spiro atoms. The SMILES string of the molecule is FC(F)(F)CONC1CCCCCC1. The molecule has 0 atom stereocenters. The van der Waals surface area contributed by atoms with E-state index in [4.69, 9.17) is 0 Å². The van der Waals surface area contributed by atoms with Gasteiger partial charge in [-0.2, -0.15) is 18.7 Å². The van der Waals surface area contributed by atoms with Crippen LogP contribution in [0.5, 0.6) is 0 Å². The van der Waals surface area contributed by atoms with Crippen LogP contribution in [0.15, 0.2) is 0 Å². The first-order chi connectivity index (χ1) is 6.58. The Labute approximate surface area is 81.8 Å². The maximum atomic E-state index is 11.7. The zero-order valence-corrected chi connectivity index (χ0v) is 8.07. The Balaban J connectivity index is 2.10. The van der Waals surface area contributed by atoms with Gasteiger partial charge in [0.15, 0.2) is 6.61 Å². The Bertz CT molecular complexity index is 153. The summed E-state index contributed by atoms with van der Waals surface area (Å²) in [5.41, 5.74) is 2.50. The minimum absolute atomic E-state index is 0.0971. The molecule has 0 radical (unpaired) electrons. The highest BCUT2D eigenvalue weighted by Crippen LogP contribution is 2.18. The fourth-order valence-corrected chi connectivity index (χ4v) is 1.64. The average Bonchev–Trinajstić information content (AvgIpc) is 2.30. The molecule has 2 nitrogen and oxygen atoms in total. The molecule has 1 aliphatic rings. The molecule has 0 aromatic rings. The number of rotatable bonds is 3. The fourth-order valence-electron chi connectivity index (χ4n) is 1.64. The van der Waals surface area contributed by atoms with E-state index in [1.807, 2.05) is 0 Å². The molecule has 5 heteroatoms. The van der Waals surface area contributed by atoms with Gasteiger partial charge in [0.1, 0.15) is 0 Å². The average molecular weight is 211 g/mol. The van der Waals surface area contributed by atoms with Crippen LogP contribution in [0.2, 0.25) is 0 Å². The largest absolute Gasteiger partial charge is 0.413 e. The molecule has 1 saturated carbocycles. The van der Waals surface area contributed by atoms with Crippen LogP contribution in [0.25, 0.3) is 0 Å². The highest BCUT2D eigenvalue weighted by molar-refractivity contribution is 4.66. The predicted octanol–water partition coefficient (Wildman–Crippen LogP) is 2.79. The van der Waals surface area contributed by atoms with Crippen LogP contribution in [-0.2, 0) is 4.84 Å². The maximum Gasteiger partial charge on any atom is 0.413 e. The number of halogens is 3. The van der Waals surface area contributed by atoms with Gasteiger partial charge in [-0.1, -0.05) is 25.7 Å². The molecule has 14 heavy (non-hydrogen) atoms. The second-order valence-corrected chi connectivity index (χ2v) is 3.71. The van der Waals surface area contributed by atoms with Crippen molar-refractivity contribution in [2.24, 2.45) is 0 Å². The van der Waals surface area contributed by atoms with Crippen molar-refractivity contribution in [3.63, 3.8) is 0 Å². The first-order valence-corrected chi connectivity index (χ1v) is 5.02. The molecule has 0 amide bonds. The van der Waals surface area contributed by atoms with Gasteiger partial charge < -0.3 is 0 Å². The van der Waals surface area contributed by atoms with Gasteiger partial charge >= 0.3 is 6.18 Å². The van der Waals surface area contributed by atoms with E-state index in [0.717, 1.165) is 25.7 Å². The summed E-state index contributed by atoms with van der Waals surface area (Å²) in [4.78, 5) is 4.42. The Hall–Kier alpha value is -0.290. The molecule has 0 heterocycles. The molecule has 0 unspecified atom stereocenters. The molecule has 0 aromatic heterocycles. The molecule has 0 aromatic carbocycles. The fraction of sp³-hybridized carbons (Fsp3) is 1.00. The summed E-state index contributed by atoms with van der Waals surface area (Å²) in [6.45, 7) is -1.20. The van der Waals surface area contributed by atoms with Gasteiger partial charge in [-0.05, 0) is 12.8 Å². The van der Waals surface area contributed by atoms with Crippen molar-refractivity contribution in [1.29, 1.82) is 0 Å². The van der Waals surface area contributed by atoms with Crippen LogP contribution < -0.4 is 5.48 Å². The summed E-state index contributed by atoms with van der Waals surface area (Å²) in [6, 6.07) is 0.0971. The minimum Gasteiger partial charge on any atom is -0.292 e. The van der Waals surface area contributed by atoms with Crippen LogP contribution in [0.4, 0.5) is 13.2 Å². The number of hydroxylamine groups is 1. The van der Waals surface area contributed by atoms with E-state index in [2.05, 4.69) is 10.3 Å². The van der Waals surface area contributed by atoms with Crippen LogP contribution in [-0.4, -0.2) is 18.8 Å². The van der Waals surface area contributed by atoms with Crippen LogP contribution >= 0.6 is 0 Å². The highest BCUT2D eigenvalue weighted by Gasteiger charge is 2.28. The van der Waals surface area contributed by atoms with Crippen molar-refractivity contribution in [3.05, 3.63) is 0 Å². The lowest BCUT2D eigenvalue weighted by atomic mass is 10.1. The van der Waals surface area contributed by atoms with E-state index in [9.17, 15) is 13.2 Å². The van der Waals surface area contributed by atoms with E-state index in [-0.39, 0.29) is 6.04 Å². The quantitative estimate of drug-likeness (QED) is 0.572. The van der Waals surface area contributed by atoms with Crippen molar-refractivity contribution in [2.45, 2.75) is 50.7 Å². The summed E-state index contributed by atoms with van der Waals surface area (Å²) in [6.07, 6.45) is 2.10. The third kappa shape index (κ3) is 5.44. The van der Waals surface area contributed by atoms with E-state index >= 15 is 0 Å². The first-order valence-electron chi connectivity index (χ1n) is 5.02. The number of hydrogen-bond donors (Lipinski definition) is 1. The summed E-state index contributed by atoms with van der Waals surface area (Å²) >= 11 is 0. The number of alkyl halides is 3. The van der Waals surface area contributed by atoms with Crippen molar-refractivity contribution in [2.75, 3.05) is 6.61 Å². The minimum atomic E-state index is -4.24. The van der Waals surface area contributed by atoms with Gasteiger partial charge in [0.05, 0.1) is 0 Å². The molecule has 1 N–H and O–H groups in total. The Morgan fingerprint density at radius 1 is 1.07 bits per heavy atom. The van der Waals surface area contributed by atoms with Crippen LogP contribution in [0.1, 0.15) is 38.5 Å². The second-order valence-electron chi connectivity index (χ2n) is 3.71. The first kappa shape index (κ1) is 11.8. The van der Waals surface area contributed by atoms with Gasteiger partial charge in [-0.25, -0.2) is 0 Å². The third-order valence-corrected chi connectivity index (χ3v) is 2.34. The highest BCUT2D eigenvalue weighted by atomic mass is 19.4. The molecule has 0 bridgehead atoms. The summed E-state index contributed by atoms with van der Waals surface area (Å²) in [5, 5.41) is 0. The Kier molecular flexibility index (Phi) is 4.68. The normalized spacial score (nSPS) is 20.8. The van der Waals surface area contributed by atoms with Gasteiger partial charge in [-0.15, -0.1) is 0 Å². The summed E-state index contributed by atoms with van der Waals surface area (Å²) < 4.78 is 35.2. The molecule has 84 valence electrons. The monoisotopic (exact) mass is 211 g/mol. The van der Waals surface area contributed by atoms with Gasteiger partial charge in [0, 0.05) is 6.04 Å². The zero-order chi connectivity index (χ0) is 10.4. The van der Waals surface area contributed by atoms with Crippen LogP contribution in [0.3, 0.4) is 0 Å². The van der Waals surface area contributed by atoms with Crippen molar-refractivity contribution < 1.29 is 18.0 Å². The lowest BCUT2D eigenvalue weighted by molar-refractivity contribution is -0.193. The smallest absolute Gasteiger partial charge is 0.292 e. The lowest BCUT2D eigenvalue weighted by Gasteiger charge is -2.16. The molecule has 1 rings (SSSR count). The lowest BCUT2D eigenvalue weighted by Crippen LogP contribution is -2.32. The molecular weight excluding hydrogens is 195 g/mol. The summed E-state index contributed by atoms with van der Waals surface area (Å²) in [7, 11) is 0. The number of hydrogen-bond acceptors (Lipinski definition) is 2.